The highest BCUT2D eigenvalue weighted by molar-refractivity contribution is 9.10. The van der Waals surface area contributed by atoms with E-state index >= 15 is 0 Å². The van der Waals surface area contributed by atoms with Crippen molar-refractivity contribution in [2.24, 2.45) is 0 Å². The highest BCUT2D eigenvalue weighted by atomic mass is 79.9. The summed E-state index contributed by atoms with van der Waals surface area (Å²) in [5.41, 5.74) is 0. The molecule has 5 heteroatoms. The molecule has 0 spiro atoms. The number of rotatable bonds is 6. The van der Waals surface area contributed by atoms with Gasteiger partial charge in [0.2, 0.25) is 0 Å². The molecule has 2 heterocycles. The van der Waals surface area contributed by atoms with Crippen molar-refractivity contribution in [3.8, 4) is 5.75 Å². The Kier molecular flexibility index (Phi) is 5.88. The molecule has 122 valence electrons. The topological polar surface area (TPSA) is 28.6 Å². The van der Waals surface area contributed by atoms with Crippen molar-refractivity contribution >= 4 is 21.7 Å². The Labute approximate surface area is 146 Å². The summed E-state index contributed by atoms with van der Waals surface area (Å²) < 4.78 is 6.77. The quantitative estimate of drug-likeness (QED) is 0.723. The monoisotopic (exact) mass is 375 g/mol. The first kappa shape index (κ1) is 16.3. The zero-order valence-corrected chi connectivity index (χ0v) is 14.8. The van der Waals surface area contributed by atoms with E-state index in [2.05, 4.69) is 42.8 Å². The standard InChI is InChI=1S/C18H22BrN3O/c19-16-7-8-18(20-15-16)22-12-10-21(11-13-22)9-4-14-23-17-5-2-1-3-6-17/h1-3,5-8,15H,4,9-14H2. The second-order valence-corrected chi connectivity index (χ2v) is 6.59. The van der Waals surface area contributed by atoms with Crippen LogP contribution in [0.4, 0.5) is 5.82 Å². The van der Waals surface area contributed by atoms with E-state index in [1.165, 1.54) is 0 Å². The van der Waals surface area contributed by atoms with Gasteiger partial charge < -0.3 is 9.64 Å². The molecule has 1 aliphatic heterocycles. The molecule has 23 heavy (non-hydrogen) atoms. The average Bonchev–Trinajstić information content (AvgIpc) is 2.61. The van der Waals surface area contributed by atoms with E-state index in [-0.39, 0.29) is 0 Å². The SMILES string of the molecule is Brc1ccc(N2CCN(CCCOc3ccccc3)CC2)nc1. The van der Waals surface area contributed by atoms with E-state index in [1.54, 1.807) is 0 Å². The second kappa shape index (κ2) is 8.31. The normalized spacial score (nSPS) is 15.6. The van der Waals surface area contributed by atoms with Crippen LogP contribution in [-0.2, 0) is 0 Å². The van der Waals surface area contributed by atoms with Gasteiger partial charge in [0.25, 0.3) is 0 Å². The number of aromatic nitrogens is 1. The number of para-hydroxylation sites is 1. The number of piperazine rings is 1. The summed E-state index contributed by atoms with van der Waals surface area (Å²) in [6, 6.07) is 14.2. The van der Waals surface area contributed by atoms with Crippen LogP contribution in [0.3, 0.4) is 0 Å². The molecule has 0 unspecified atom stereocenters. The minimum atomic E-state index is 0.776. The Morgan fingerprint density at radius 3 is 2.48 bits per heavy atom. The molecule has 4 nitrogen and oxygen atoms in total. The molecule has 2 aromatic rings. The van der Waals surface area contributed by atoms with Crippen LogP contribution in [0.15, 0.2) is 53.1 Å². The number of hydrogen-bond acceptors (Lipinski definition) is 4. The van der Waals surface area contributed by atoms with E-state index in [4.69, 9.17) is 4.74 Å². The van der Waals surface area contributed by atoms with Crippen LogP contribution in [0.5, 0.6) is 5.75 Å². The zero-order valence-electron chi connectivity index (χ0n) is 13.2. The molecular formula is C18H22BrN3O. The van der Waals surface area contributed by atoms with Crippen LogP contribution in [-0.4, -0.2) is 49.2 Å². The lowest BCUT2D eigenvalue weighted by molar-refractivity contribution is 0.224. The Bertz CT molecular complexity index is 583. The predicted molar refractivity (Wildman–Crippen MR) is 97.1 cm³/mol. The van der Waals surface area contributed by atoms with Gasteiger partial charge in [0.15, 0.2) is 0 Å². The number of ether oxygens (including phenoxy) is 1. The van der Waals surface area contributed by atoms with Gasteiger partial charge in [0, 0.05) is 43.4 Å². The van der Waals surface area contributed by atoms with E-state index in [0.717, 1.165) is 61.8 Å². The maximum Gasteiger partial charge on any atom is 0.128 e. The molecule has 1 saturated heterocycles. The van der Waals surface area contributed by atoms with Crippen molar-refractivity contribution in [3.05, 3.63) is 53.1 Å². The summed E-state index contributed by atoms with van der Waals surface area (Å²) in [6.07, 6.45) is 2.92. The van der Waals surface area contributed by atoms with E-state index in [9.17, 15) is 0 Å². The first-order chi connectivity index (χ1) is 11.3. The van der Waals surface area contributed by atoms with Crippen molar-refractivity contribution in [1.82, 2.24) is 9.88 Å². The maximum absolute atomic E-state index is 5.75. The maximum atomic E-state index is 5.75. The summed E-state index contributed by atoms with van der Waals surface area (Å²) in [7, 11) is 0. The van der Waals surface area contributed by atoms with E-state index in [0.29, 0.717) is 0 Å². The van der Waals surface area contributed by atoms with Crippen molar-refractivity contribution in [3.63, 3.8) is 0 Å². The number of hydrogen-bond donors (Lipinski definition) is 0. The number of benzene rings is 1. The third-order valence-corrected chi connectivity index (χ3v) is 4.51. The predicted octanol–water partition coefficient (Wildman–Crippen LogP) is 3.44. The molecule has 1 aromatic heterocycles. The first-order valence-corrected chi connectivity index (χ1v) is 8.87. The van der Waals surface area contributed by atoms with Crippen LogP contribution < -0.4 is 9.64 Å². The summed E-state index contributed by atoms with van der Waals surface area (Å²) in [4.78, 5) is 9.33. The van der Waals surface area contributed by atoms with Crippen LogP contribution >= 0.6 is 15.9 Å². The summed E-state index contributed by atoms with van der Waals surface area (Å²) in [5, 5.41) is 0. The van der Waals surface area contributed by atoms with Gasteiger partial charge in [0.1, 0.15) is 11.6 Å². The zero-order chi connectivity index (χ0) is 15.9. The Morgan fingerprint density at radius 1 is 1.00 bits per heavy atom. The fourth-order valence-electron chi connectivity index (χ4n) is 2.75. The number of halogens is 1. The molecule has 0 atom stereocenters. The van der Waals surface area contributed by atoms with Crippen LogP contribution in [0, 0.1) is 0 Å². The van der Waals surface area contributed by atoms with Gasteiger partial charge in [-0.05, 0) is 46.6 Å². The largest absolute Gasteiger partial charge is 0.494 e. The lowest BCUT2D eigenvalue weighted by Crippen LogP contribution is -2.47. The van der Waals surface area contributed by atoms with Crippen molar-refractivity contribution < 1.29 is 4.74 Å². The van der Waals surface area contributed by atoms with Gasteiger partial charge in [-0.2, -0.15) is 0 Å². The summed E-state index contributed by atoms with van der Waals surface area (Å²) >= 11 is 3.43. The van der Waals surface area contributed by atoms with E-state index in [1.807, 2.05) is 36.5 Å². The lowest BCUT2D eigenvalue weighted by Gasteiger charge is -2.35. The lowest BCUT2D eigenvalue weighted by atomic mass is 10.3. The Balaban J connectivity index is 1.35. The van der Waals surface area contributed by atoms with Gasteiger partial charge in [-0.25, -0.2) is 4.98 Å². The molecule has 1 aliphatic rings. The molecule has 0 saturated carbocycles. The fraction of sp³-hybridized carbons (Fsp3) is 0.389. The highest BCUT2D eigenvalue weighted by Crippen LogP contribution is 2.16. The summed E-state index contributed by atoms with van der Waals surface area (Å²) in [6.45, 7) is 6.11. The van der Waals surface area contributed by atoms with Crippen LogP contribution in [0.25, 0.3) is 0 Å². The molecule has 0 amide bonds. The molecular weight excluding hydrogens is 354 g/mol. The minimum Gasteiger partial charge on any atom is -0.494 e. The summed E-state index contributed by atoms with van der Waals surface area (Å²) in [5.74, 6) is 2.03. The van der Waals surface area contributed by atoms with Gasteiger partial charge in [0.05, 0.1) is 6.61 Å². The molecule has 1 aromatic carbocycles. The Hall–Kier alpha value is -1.59. The van der Waals surface area contributed by atoms with Crippen LogP contribution in [0.1, 0.15) is 6.42 Å². The fourth-order valence-corrected chi connectivity index (χ4v) is 2.99. The number of pyridine rings is 1. The van der Waals surface area contributed by atoms with E-state index < -0.39 is 0 Å². The second-order valence-electron chi connectivity index (χ2n) is 5.68. The van der Waals surface area contributed by atoms with Crippen molar-refractivity contribution in [1.29, 1.82) is 0 Å². The molecule has 0 N–H and O–H groups in total. The third-order valence-electron chi connectivity index (χ3n) is 4.04. The molecule has 3 rings (SSSR count). The minimum absolute atomic E-state index is 0.776. The average molecular weight is 376 g/mol. The highest BCUT2D eigenvalue weighted by Gasteiger charge is 2.17. The van der Waals surface area contributed by atoms with Gasteiger partial charge >= 0.3 is 0 Å². The van der Waals surface area contributed by atoms with Gasteiger partial charge in [-0.15, -0.1) is 0 Å². The Morgan fingerprint density at radius 2 is 1.78 bits per heavy atom. The van der Waals surface area contributed by atoms with Crippen molar-refractivity contribution in [2.45, 2.75) is 6.42 Å². The third kappa shape index (κ3) is 4.94. The van der Waals surface area contributed by atoms with Gasteiger partial charge in [-0.3, -0.25) is 4.90 Å². The molecule has 0 radical (unpaired) electrons. The first-order valence-electron chi connectivity index (χ1n) is 8.08. The van der Waals surface area contributed by atoms with Gasteiger partial charge in [-0.1, -0.05) is 18.2 Å². The number of anilines is 1. The smallest absolute Gasteiger partial charge is 0.128 e. The molecule has 1 fully saturated rings. The molecule has 0 bridgehead atoms. The number of nitrogens with zero attached hydrogens (tertiary/aromatic N) is 3. The van der Waals surface area contributed by atoms with Crippen molar-refractivity contribution in [2.75, 3.05) is 44.2 Å². The molecule has 0 aliphatic carbocycles. The van der Waals surface area contributed by atoms with Crippen LogP contribution in [0.2, 0.25) is 0 Å².